The summed E-state index contributed by atoms with van der Waals surface area (Å²) < 4.78 is 1.57. The normalized spacial score (nSPS) is 13.3. The highest BCUT2D eigenvalue weighted by Crippen LogP contribution is 2.20. The van der Waals surface area contributed by atoms with Gasteiger partial charge in [0.25, 0.3) is 5.56 Å². The molecule has 0 N–H and O–H groups in total. The zero-order valence-electron chi connectivity index (χ0n) is 8.61. The summed E-state index contributed by atoms with van der Waals surface area (Å²) in [6, 6.07) is 0. The van der Waals surface area contributed by atoms with Gasteiger partial charge in [-0.2, -0.15) is 0 Å². The number of hydrogen-bond acceptors (Lipinski definition) is 2. The fourth-order valence-corrected chi connectivity index (χ4v) is 1.09. The third kappa shape index (κ3) is 2.17. The summed E-state index contributed by atoms with van der Waals surface area (Å²) in [4.78, 5) is 15.2. The third-order valence-corrected chi connectivity index (χ3v) is 2.46. The van der Waals surface area contributed by atoms with E-state index in [9.17, 15) is 4.79 Å². The van der Waals surface area contributed by atoms with Gasteiger partial charge in [0.05, 0.1) is 11.9 Å². The summed E-state index contributed by atoms with van der Waals surface area (Å²) in [5.41, 5.74) is 0.928. The average molecular weight is 180 g/mol. The molecule has 0 radical (unpaired) electrons. The molecule has 0 aliphatic heterocycles. The summed E-state index contributed by atoms with van der Waals surface area (Å²) in [7, 11) is 1.75. The van der Waals surface area contributed by atoms with E-state index in [2.05, 4.69) is 25.8 Å². The van der Waals surface area contributed by atoms with Gasteiger partial charge in [-0.3, -0.25) is 9.78 Å². The molecule has 0 saturated heterocycles. The Bertz CT molecular complexity index is 341. The van der Waals surface area contributed by atoms with Gasteiger partial charge in [-0.1, -0.05) is 20.8 Å². The lowest BCUT2D eigenvalue weighted by Gasteiger charge is -2.14. The predicted molar refractivity (Wildman–Crippen MR) is 52.7 cm³/mol. The Labute approximate surface area is 78.4 Å². The second kappa shape index (κ2) is 3.73. The summed E-state index contributed by atoms with van der Waals surface area (Å²) in [6.45, 7) is 6.42. The standard InChI is InChI=1S/C10H16N2O/c1-7(2)8(3)9-6-12(4)10(13)5-11-9/h5-8H,1-4H3. The number of aromatic nitrogens is 2. The van der Waals surface area contributed by atoms with Crippen LogP contribution in [-0.2, 0) is 7.05 Å². The van der Waals surface area contributed by atoms with Crippen molar-refractivity contribution in [2.75, 3.05) is 0 Å². The van der Waals surface area contributed by atoms with E-state index >= 15 is 0 Å². The first kappa shape index (κ1) is 9.96. The van der Waals surface area contributed by atoms with Gasteiger partial charge >= 0.3 is 0 Å². The molecular weight excluding hydrogens is 164 g/mol. The topological polar surface area (TPSA) is 34.9 Å². The second-order valence-electron chi connectivity index (χ2n) is 3.79. The van der Waals surface area contributed by atoms with Crippen LogP contribution in [0, 0.1) is 5.92 Å². The molecule has 3 heteroatoms. The molecule has 0 aliphatic rings. The molecule has 0 fully saturated rings. The highest BCUT2D eigenvalue weighted by molar-refractivity contribution is 5.03. The molecule has 0 amide bonds. The van der Waals surface area contributed by atoms with Crippen molar-refractivity contribution in [3.63, 3.8) is 0 Å². The molecule has 1 heterocycles. The van der Waals surface area contributed by atoms with Crippen LogP contribution in [-0.4, -0.2) is 9.55 Å². The van der Waals surface area contributed by atoms with Crippen LogP contribution in [0.25, 0.3) is 0 Å². The lowest BCUT2D eigenvalue weighted by atomic mass is 9.95. The molecule has 1 aromatic rings. The second-order valence-corrected chi connectivity index (χ2v) is 3.79. The maximum atomic E-state index is 11.1. The van der Waals surface area contributed by atoms with Crippen LogP contribution >= 0.6 is 0 Å². The summed E-state index contributed by atoms with van der Waals surface area (Å²) >= 11 is 0. The largest absolute Gasteiger partial charge is 0.315 e. The fourth-order valence-electron chi connectivity index (χ4n) is 1.09. The van der Waals surface area contributed by atoms with Gasteiger partial charge in [-0.05, 0) is 5.92 Å². The minimum absolute atomic E-state index is 0.0558. The number of aryl methyl sites for hydroxylation is 1. The Balaban J connectivity index is 3.04. The first-order chi connectivity index (χ1) is 6.02. The Morgan fingerprint density at radius 1 is 1.38 bits per heavy atom. The molecule has 1 unspecified atom stereocenters. The molecule has 1 rings (SSSR count). The van der Waals surface area contributed by atoms with Gasteiger partial charge in [0.2, 0.25) is 0 Å². The molecule has 0 aliphatic carbocycles. The van der Waals surface area contributed by atoms with Crippen LogP contribution in [0.2, 0.25) is 0 Å². The highest BCUT2D eigenvalue weighted by atomic mass is 16.1. The molecule has 1 aromatic heterocycles. The minimum atomic E-state index is -0.0558. The summed E-state index contributed by atoms with van der Waals surface area (Å²) in [5, 5.41) is 0. The van der Waals surface area contributed by atoms with E-state index < -0.39 is 0 Å². The number of rotatable bonds is 2. The molecule has 0 bridgehead atoms. The van der Waals surface area contributed by atoms with Gasteiger partial charge in [0.15, 0.2) is 0 Å². The van der Waals surface area contributed by atoms with Crippen molar-refractivity contribution in [2.24, 2.45) is 13.0 Å². The van der Waals surface area contributed by atoms with Gasteiger partial charge in [-0.25, -0.2) is 0 Å². The average Bonchev–Trinajstić information content (AvgIpc) is 2.08. The monoisotopic (exact) mass is 180 g/mol. The van der Waals surface area contributed by atoms with Gasteiger partial charge in [0.1, 0.15) is 0 Å². The van der Waals surface area contributed by atoms with Crippen molar-refractivity contribution >= 4 is 0 Å². The lowest BCUT2D eigenvalue weighted by Crippen LogP contribution is -2.18. The first-order valence-corrected chi connectivity index (χ1v) is 4.55. The van der Waals surface area contributed by atoms with E-state index in [1.54, 1.807) is 11.6 Å². The van der Waals surface area contributed by atoms with Crippen LogP contribution in [0.5, 0.6) is 0 Å². The van der Waals surface area contributed by atoms with E-state index in [0.29, 0.717) is 11.8 Å². The molecular formula is C10H16N2O. The first-order valence-electron chi connectivity index (χ1n) is 4.55. The molecule has 13 heavy (non-hydrogen) atoms. The molecule has 0 aromatic carbocycles. The molecule has 1 atom stereocenters. The molecule has 72 valence electrons. The zero-order valence-corrected chi connectivity index (χ0v) is 8.61. The van der Waals surface area contributed by atoms with Crippen LogP contribution < -0.4 is 5.56 Å². The Hall–Kier alpha value is -1.12. The third-order valence-electron chi connectivity index (χ3n) is 2.46. The summed E-state index contributed by atoms with van der Waals surface area (Å²) in [5.74, 6) is 0.941. The van der Waals surface area contributed by atoms with Gasteiger partial charge in [0, 0.05) is 19.2 Å². The van der Waals surface area contributed by atoms with E-state index in [0.717, 1.165) is 5.69 Å². The molecule has 3 nitrogen and oxygen atoms in total. The van der Waals surface area contributed by atoms with Crippen LogP contribution in [0.3, 0.4) is 0 Å². The Morgan fingerprint density at radius 2 is 2.00 bits per heavy atom. The maximum absolute atomic E-state index is 11.1. The van der Waals surface area contributed by atoms with E-state index in [1.807, 2.05) is 6.20 Å². The van der Waals surface area contributed by atoms with Crippen molar-refractivity contribution < 1.29 is 0 Å². The van der Waals surface area contributed by atoms with Crippen molar-refractivity contribution in [2.45, 2.75) is 26.7 Å². The summed E-state index contributed by atoms with van der Waals surface area (Å²) in [6.07, 6.45) is 3.20. The van der Waals surface area contributed by atoms with Crippen molar-refractivity contribution in [3.8, 4) is 0 Å². The van der Waals surface area contributed by atoms with Gasteiger partial charge in [-0.15, -0.1) is 0 Å². The number of nitrogens with zero attached hydrogens (tertiary/aromatic N) is 2. The lowest BCUT2D eigenvalue weighted by molar-refractivity contribution is 0.517. The van der Waals surface area contributed by atoms with Crippen LogP contribution in [0.4, 0.5) is 0 Å². The smallest absolute Gasteiger partial charge is 0.268 e. The van der Waals surface area contributed by atoms with E-state index in [1.165, 1.54) is 6.20 Å². The molecule has 0 spiro atoms. The van der Waals surface area contributed by atoms with Crippen molar-refractivity contribution in [1.82, 2.24) is 9.55 Å². The van der Waals surface area contributed by atoms with Crippen molar-refractivity contribution in [1.29, 1.82) is 0 Å². The van der Waals surface area contributed by atoms with Crippen LogP contribution in [0.1, 0.15) is 32.4 Å². The van der Waals surface area contributed by atoms with E-state index in [4.69, 9.17) is 0 Å². The highest BCUT2D eigenvalue weighted by Gasteiger charge is 2.11. The predicted octanol–water partition coefficient (Wildman–Crippen LogP) is 1.54. The van der Waals surface area contributed by atoms with E-state index in [-0.39, 0.29) is 5.56 Å². The zero-order chi connectivity index (χ0) is 10.0. The minimum Gasteiger partial charge on any atom is -0.315 e. The Morgan fingerprint density at radius 3 is 2.46 bits per heavy atom. The van der Waals surface area contributed by atoms with Crippen LogP contribution in [0.15, 0.2) is 17.2 Å². The quantitative estimate of drug-likeness (QED) is 0.692. The number of hydrogen-bond donors (Lipinski definition) is 0. The van der Waals surface area contributed by atoms with Crippen molar-refractivity contribution in [3.05, 3.63) is 28.4 Å². The maximum Gasteiger partial charge on any atom is 0.268 e. The Kier molecular flexibility index (Phi) is 2.86. The fraction of sp³-hybridized carbons (Fsp3) is 0.600. The van der Waals surface area contributed by atoms with Gasteiger partial charge < -0.3 is 4.57 Å². The molecule has 0 saturated carbocycles. The SMILES string of the molecule is CC(C)C(C)c1cn(C)c(=O)cn1.